The fraction of sp³-hybridized carbons (Fsp3) is 0.0980. The maximum Gasteiger partial charge on any atom is 0.234 e. The highest BCUT2D eigenvalue weighted by atomic mass is 15.2. The second kappa shape index (κ2) is 11.1. The number of fused-ring (bicyclic) bond motifs is 13. The van der Waals surface area contributed by atoms with Gasteiger partial charge < -0.3 is 4.90 Å². The lowest BCUT2D eigenvalue weighted by Gasteiger charge is -2.28. The molecular formula is C51H36N4. The van der Waals surface area contributed by atoms with Crippen LogP contribution < -0.4 is 4.90 Å². The lowest BCUT2D eigenvalue weighted by atomic mass is 9.82. The minimum atomic E-state index is -0.120. The first-order chi connectivity index (χ1) is 27.0. The van der Waals surface area contributed by atoms with E-state index < -0.39 is 0 Å². The van der Waals surface area contributed by atoms with Gasteiger partial charge in [0.1, 0.15) is 0 Å². The highest BCUT2D eigenvalue weighted by Gasteiger charge is 2.38. The molecule has 0 atom stereocenters. The summed E-state index contributed by atoms with van der Waals surface area (Å²) in [6, 6.07) is 54.0. The lowest BCUT2D eigenvalue weighted by molar-refractivity contribution is 0.661. The molecule has 2 heterocycles. The third-order valence-electron chi connectivity index (χ3n) is 12.5. The maximum atomic E-state index is 4.91. The molecule has 3 aliphatic rings. The molecule has 0 fully saturated rings. The molecule has 0 bridgehead atoms. The average molecular weight is 705 g/mol. The third-order valence-corrected chi connectivity index (χ3v) is 12.5. The Labute approximate surface area is 320 Å². The van der Waals surface area contributed by atoms with Gasteiger partial charge in [-0.3, -0.25) is 4.57 Å². The van der Waals surface area contributed by atoms with Crippen molar-refractivity contribution in [2.45, 2.75) is 32.1 Å². The van der Waals surface area contributed by atoms with Crippen LogP contribution in [0.25, 0.3) is 61.1 Å². The van der Waals surface area contributed by atoms with Gasteiger partial charge in [-0.1, -0.05) is 117 Å². The van der Waals surface area contributed by atoms with Crippen LogP contribution in [0.4, 0.5) is 17.1 Å². The molecule has 0 N–H and O–H groups in total. The fourth-order valence-electron chi connectivity index (χ4n) is 10.1. The topological polar surface area (TPSA) is 34.0 Å². The number of anilines is 3. The number of aromatic nitrogens is 3. The molecule has 3 aliphatic carbocycles. The first-order valence-electron chi connectivity index (χ1n) is 19.2. The first-order valence-corrected chi connectivity index (χ1v) is 19.2. The molecule has 0 saturated carbocycles. The van der Waals surface area contributed by atoms with Gasteiger partial charge in [0.2, 0.25) is 5.95 Å². The van der Waals surface area contributed by atoms with Crippen molar-refractivity contribution >= 4 is 38.9 Å². The Hall–Kier alpha value is -6.78. The highest BCUT2D eigenvalue weighted by molar-refractivity contribution is 6.20. The largest absolute Gasteiger partial charge is 0.308 e. The van der Waals surface area contributed by atoms with Crippen LogP contribution in [-0.2, 0) is 18.3 Å². The summed E-state index contributed by atoms with van der Waals surface area (Å²) >= 11 is 0. The normalized spacial score (nSPS) is 14.0. The molecule has 55 heavy (non-hydrogen) atoms. The van der Waals surface area contributed by atoms with E-state index in [0.717, 1.165) is 40.9 Å². The minimum Gasteiger partial charge on any atom is -0.308 e. The van der Waals surface area contributed by atoms with E-state index in [2.05, 4.69) is 163 Å². The molecule has 4 heteroatoms. The summed E-state index contributed by atoms with van der Waals surface area (Å²) in [6.45, 7) is 4.71. The van der Waals surface area contributed by atoms with Crippen LogP contribution >= 0.6 is 0 Å². The number of para-hydroxylation sites is 1. The summed E-state index contributed by atoms with van der Waals surface area (Å²) in [4.78, 5) is 12.3. The SMILES string of the molecule is CC1(C)c2ccccc2-c2c1ccc1c2c2cccc(N(c3ccc4c(c3)Cc3ccccc3-4)c3ccc4c(c3)Cc3ccccc3-4)c2n1-c1ncccn1. The molecule has 0 amide bonds. The van der Waals surface area contributed by atoms with Crippen molar-refractivity contribution in [3.05, 3.63) is 191 Å². The molecule has 0 spiro atoms. The van der Waals surface area contributed by atoms with Crippen LogP contribution in [0.3, 0.4) is 0 Å². The van der Waals surface area contributed by atoms with E-state index in [1.165, 1.54) is 77.5 Å². The van der Waals surface area contributed by atoms with Crippen molar-refractivity contribution in [2.24, 2.45) is 0 Å². The van der Waals surface area contributed by atoms with Crippen molar-refractivity contribution in [1.82, 2.24) is 14.5 Å². The van der Waals surface area contributed by atoms with Crippen LogP contribution in [-0.4, -0.2) is 14.5 Å². The fourth-order valence-corrected chi connectivity index (χ4v) is 10.1. The Balaban J connectivity index is 1.17. The Kier molecular flexibility index (Phi) is 6.20. The predicted octanol–water partition coefficient (Wildman–Crippen LogP) is 12.5. The molecular weight excluding hydrogens is 669 g/mol. The molecule has 260 valence electrons. The monoisotopic (exact) mass is 704 g/mol. The summed E-state index contributed by atoms with van der Waals surface area (Å²) in [5.74, 6) is 0.661. The summed E-state index contributed by atoms with van der Waals surface area (Å²) in [7, 11) is 0. The molecule has 4 nitrogen and oxygen atoms in total. The summed E-state index contributed by atoms with van der Waals surface area (Å²) < 4.78 is 2.30. The smallest absolute Gasteiger partial charge is 0.234 e. The number of hydrogen-bond donors (Lipinski definition) is 0. The Bertz CT molecular complexity index is 2980. The van der Waals surface area contributed by atoms with E-state index in [4.69, 9.17) is 9.97 Å². The van der Waals surface area contributed by atoms with Gasteiger partial charge in [0.15, 0.2) is 0 Å². The first kappa shape index (κ1) is 30.7. The van der Waals surface area contributed by atoms with E-state index in [-0.39, 0.29) is 5.41 Å². The molecule has 0 unspecified atom stereocenters. The third kappa shape index (κ3) is 4.22. The zero-order valence-electron chi connectivity index (χ0n) is 30.7. The van der Waals surface area contributed by atoms with E-state index in [1.54, 1.807) is 0 Å². The van der Waals surface area contributed by atoms with Gasteiger partial charge >= 0.3 is 0 Å². The van der Waals surface area contributed by atoms with E-state index >= 15 is 0 Å². The van der Waals surface area contributed by atoms with E-state index in [0.29, 0.717) is 5.95 Å². The van der Waals surface area contributed by atoms with Gasteiger partial charge in [0.05, 0.1) is 16.7 Å². The molecule has 9 aromatic rings. The van der Waals surface area contributed by atoms with Crippen LogP contribution in [0.5, 0.6) is 0 Å². The number of benzene rings is 7. The number of nitrogens with zero attached hydrogens (tertiary/aromatic N) is 4. The summed E-state index contributed by atoms with van der Waals surface area (Å²) in [5.41, 5.74) is 21.6. The van der Waals surface area contributed by atoms with Crippen molar-refractivity contribution in [2.75, 3.05) is 4.90 Å². The second-order valence-electron chi connectivity index (χ2n) is 15.8. The van der Waals surface area contributed by atoms with Gasteiger partial charge in [-0.2, -0.15) is 0 Å². The molecule has 12 rings (SSSR count). The van der Waals surface area contributed by atoms with Crippen LogP contribution in [0.1, 0.15) is 47.2 Å². The van der Waals surface area contributed by atoms with Crippen molar-refractivity contribution < 1.29 is 0 Å². The van der Waals surface area contributed by atoms with E-state index in [9.17, 15) is 0 Å². The average Bonchev–Trinajstić information content (AvgIpc) is 3.95. The molecule has 2 aromatic heterocycles. The summed E-state index contributed by atoms with van der Waals surface area (Å²) in [6.07, 6.45) is 5.55. The standard InChI is InChI=1S/C51H36N4/c1-51(2)43-17-8-7-15-41(43)47-44(51)23-24-45-48(47)42-16-9-18-46(49(42)55(45)50-52-25-10-26-53-50)54(35-19-21-39-33(29-35)27-31-11-3-5-13-37(31)39)36-20-22-40-34(30-36)28-32-12-4-6-14-38(32)40/h3-26,29-30H,27-28H2,1-2H3. The number of rotatable bonds is 4. The van der Waals surface area contributed by atoms with Gasteiger partial charge in [0, 0.05) is 40.0 Å². The quantitative estimate of drug-likeness (QED) is 0.183. The molecule has 0 radical (unpaired) electrons. The van der Waals surface area contributed by atoms with E-state index in [1.807, 2.05) is 18.5 Å². The second-order valence-corrected chi connectivity index (χ2v) is 15.8. The molecule has 0 aliphatic heterocycles. The maximum absolute atomic E-state index is 4.91. The Morgan fingerprint density at radius 1 is 0.527 bits per heavy atom. The highest BCUT2D eigenvalue weighted by Crippen LogP contribution is 2.54. The molecule has 7 aromatic carbocycles. The van der Waals surface area contributed by atoms with Gasteiger partial charge in [-0.15, -0.1) is 0 Å². The zero-order chi connectivity index (χ0) is 36.4. The van der Waals surface area contributed by atoms with Crippen LogP contribution in [0.15, 0.2) is 158 Å². The lowest BCUT2D eigenvalue weighted by Crippen LogP contribution is -2.14. The zero-order valence-corrected chi connectivity index (χ0v) is 30.7. The predicted molar refractivity (Wildman–Crippen MR) is 225 cm³/mol. The summed E-state index contributed by atoms with van der Waals surface area (Å²) in [5, 5.41) is 2.44. The van der Waals surface area contributed by atoms with Crippen molar-refractivity contribution in [3.63, 3.8) is 0 Å². The van der Waals surface area contributed by atoms with Crippen molar-refractivity contribution in [3.8, 4) is 39.3 Å². The minimum absolute atomic E-state index is 0.120. The molecule has 0 saturated heterocycles. The van der Waals surface area contributed by atoms with Crippen LogP contribution in [0, 0.1) is 0 Å². The van der Waals surface area contributed by atoms with Gasteiger partial charge in [-0.25, -0.2) is 9.97 Å². The van der Waals surface area contributed by atoms with Crippen molar-refractivity contribution in [1.29, 1.82) is 0 Å². The number of hydrogen-bond acceptors (Lipinski definition) is 3. The van der Waals surface area contributed by atoms with Gasteiger partial charge in [0.25, 0.3) is 0 Å². The van der Waals surface area contributed by atoms with Gasteiger partial charge in [-0.05, 0) is 122 Å². The van der Waals surface area contributed by atoms with Crippen LogP contribution in [0.2, 0.25) is 0 Å². The Morgan fingerprint density at radius 2 is 1.13 bits per heavy atom. The Morgan fingerprint density at radius 3 is 1.80 bits per heavy atom.